The van der Waals surface area contributed by atoms with Crippen LogP contribution in [0.4, 0.5) is 15.4 Å². The molecule has 1 aromatic rings. The van der Waals surface area contributed by atoms with Gasteiger partial charge in [0.2, 0.25) is 0 Å². The van der Waals surface area contributed by atoms with E-state index in [-0.39, 0.29) is 12.2 Å². The van der Waals surface area contributed by atoms with E-state index in [0.717, 1.165) is 0 Å². The monoisotopic (exact) mass is 424 g/mol. The zero-order chi connectivity index (χ0) is 23.4. The van der Waals surface area contributed by atoms with Crippen LogP contribution in [-0.2, 0) is 25.5 Å². The lowest BCUT2D eigenvalue weighted by Crippen LogP contribution is -2.44. The van der Waals surface area contributed by atoms with Gasteiger partial charge in [0.15, 0.2) is 5.92 Å². The van der Waals surface area contributed by atoms with Crippen LogP contribution >= 0.6 is 0 Å². The third kappa shape index (κ3) is 7.34. The zero-order valence-electron chi connectivity index (χ0n) is 18.2. The highest BCUT2D eigenvalue weighted by Crippen LogP contribution is 2.23. The van der Waals surface area contributed by atoms with Crippen LogP contribution < -0.4 is 4.90 Å². The summed E-state index contributed by atoms with van der Waals surface area (Å²) in [5.41, 5.74) is -0.975. The van der Waals surface area contributed by atoms with Gasteiger partial charge in [-0.3, -0.25) is 9.59 Å². The fourth-order valence-electron chi connectivity index (χ4n) is 2.28. The number of carboxylic acid groups (broad SMARTS) is 2. The number of rotatable bonds is 5. The van der Waals surface area contributed by atoms with Crippen LogP contribution in [0.2, 0.25) is 0 Å². The predicted octanol–water partition coefficient (Wildman–Crippen LogP) is 3.39. The van der Waals surface area contributed by atoms with Gasteiger partial charge in [0.05, 0.1) is 0 Å². The van der Waals surface area contributed by atoms with E-state index in [1.54, 1.807) is 48.5 Å². The molecule has 30 heavy (non-hydrogen) atoms. The van der Waals surface area contributed by atoms with Crippen molar-refractivity contribution in [3.05, 3.63) is 23.4 Å². The zero-order valence-corrected chi connectivity index (χ0v) is 18.2. The van der Waals surface area contributed by atoms with Gasteiger partial charge in [0.25, 0.3) is 0 Å². The van der Waals surface area contributed by atoms with Crippen LogP contribution in [0.25, 0.3) is 0 Å². The molecule has 0 aliphatic carbocycles. The number of aryl methyl sites for hydroxylation is 1. The molecule has 10 heteroatoms. The summed E-state index contributed by atoms with van der Waals surface area (Å²) in [5.74, 6) is -4.70. The molecule has 0 saturated heterocycles. The first-order chi connectivity index (χ1) is 13.5. The summed E-state index contributed by atoms with van der Waals surface area (Å²) in [4.78, 5) is 52.3. The molecule has 0 saturated carbocycles. The first kappa shape index (κ1) is 24.9. The SMILES string of the molecule is Cc1cc(N(C(=O)OC(C)(C)C)C(=O)OC(C)(C)C)ncc1CC(C(=O)O)C(=O)O. The Balaban J connectivity index is 3.32. The molecule has 2 amide bonds. The van der Waals surface area contributed by atoms with E-state index in [2.05, 4.69) is 4.98 Å². The van der Waals surface area contributed by atoms with Crippen LogP contribution in [0, 0.1) is 12.8 Å². The smallest absolute Gasteiger partial charge is 0.425 e. The molecule has 0 aliphatic heterocycles. The second-order valence-electron chi connectivity index (χ2n) is 8.70. The molecule has 1 aromatic heterocycles. The molecular weight excluding hydrogens is 396 g/mol. The van der Waals surface area contributed by atoms with Crippen LogP contribution in [0.3, 0.4) is 0 Å². The maximum atomic E-state index is 12.6. The van der Waals surface area contributed by atoms with Gasteiger partial charge in [-0.05, 0) is 72.1 Å². The summed E-state index contributed by atoms with van der Waals surface area (Å²) in [6.07, 6.45) is -1.07. The number of hydrogen-bond acceptors (Lipinski definition) is 7. The van der Waals surface area contributed by atoms with Gasteiger partial charge in [0, 0.05) is 6.20 Å². The van der Waals surface area contributed by atoms with Crippen molar-refractivity contribution in [2.24, 2.45) is 5.92 Å². The van der Waals surface area contributed by atoms with E-state index in [1.165, 1.54) is 12.3 Å². The van der Waals surface area contributed by atoms with Crippen molar-refractivity contribution in [3.8, 4) is 0 Å². The Morgan fingerprint density at radius 1 is 0.967 bits per heavy atom. The average Bonchev–Trinajstić information content (AvgIpc) is 2.49. The second-order valence-corrected chi connectivity index (χ2v) is 8.70. The first-order valence-electron chi connectivity index (χ1n) is 9.19. The fraction of sp³-hybridized carbons (Fsp3) is 0.550. The summed E-state index contributed by atoms with van der Waals surface area (Å²) < 4.78 is 10.6. The summed E-state index contributed by atoms with van der Waals surface area (Å²) in [5, 5.41) is 18.1. The molecule has 0 radical (unpaired) electrons. The molecule has 10 nitrogen and oxygen atoms in total. The van der Waals surface area contributed by atoms with E-state index in [0.29, 0.717) is 16.0 Å². The Morgan fingerprint density at radius 2 is 1.40 bits per heavy atom. The Bertz CT molecular complexity index is 794. The van der Waals surface area contributed by atoms with Gasteiger partial charge in [-0.1, -0.05) is 0 Å². The van der Waals surface area contributed by atoms with Crippen LogP contribution in [0.15, 0.2) is 12.3 Å². The molecular formula is C20H28N2O8. The number of nitrogens with zero attached hydrogens (tertiary/aromatic N) is 2. The molecule has 0 fully saturated rings. The minimum atomic E-state index is -1.65. The number of amides is 2. The molecule has 0 atom stereocenters. The second kappa shape index (κ2) is 9.10. The van der Waals surface area contributed by atoms with Gasteiger partial charge >= 0.3 is 24.1 Å². The number of aromatic nitrogens is 1. The normalized spacial score (nSPS) is 11.7. The molecule has 0 aromatic carbocycles. The Morgan fingerprint density at radius 3 is 1.73 bits per heavy atom. The predicted molar refractivity (Wildman–Crippen MR) is 106 cm³/mol. The van der Waals surface area contributed by atoms with E-state index >= 15 is 0 Å². The van der Waals surface area contributed by atoms with Crippen molar-refractivity contribution in [3.63, 3.8) is 0 Å². The van der Waals surface area contributed by atoms with E-state index in [4.69, 9.17) is 19.7 Å². The van der Waals surface area contributed by atoms with Crippen LogP contribution in [-0.4, -0.2) is 50.5 Å². The van der Waals surface area contributed by atoms with Crippen LogP contribution in [0.1, 0.15) is 52.7 Å². The van der Waals surface area contributed by atoms with Crippen molar-refractivity contribution in [2.75, 3.05) is 4.90 Å². The third-order valence-corrected chi connectivity index (χ3v) is 3.61. The summed E-state index contributed by atoms with van der Waals surface area (Å²) >= 11 is 0. The number of carbonyl (C=O) groups is 4. The third-order valence-electron chi connectivity index (χ3n) is 3.61. The van der Waals surface area contributed by atoms with Crippen molar-refractivity contribution >= 4 is 29.9 Å². The Hall–Kier alpha value is -3.17. The van der Waals surface area contributed by atoms with Crippen molar-refractivity contribution in [1.29, 1.82) is 0 Å². The summed E-state index contributed by atoms with van der Waals surface area (Å²) in [6, 6.07) is 1.37. The number of ether oxygens (including phenoxy) is 2. The van der Waals surface area contributed by atoms with Crippen molar-refractivity contribution in [2.45, 2.75) is 66.1 Å². The lowest BCUT2D eigenvalue weighted by molar-refractivity contribution is -0.154. The number of anilines is 1. The topological polar surface area (TPSA) is 143 Å². The molecule has 1 rings (SSSR count). The minimum Gasteiger partial charge on any atom is -0.481 e. The van der Waals surface area contributed by atoms with Gasteiger partial charge in [0.1, 0.15) is 17.0 Å². The van der Waals surface area contributed by atoms with E-state index in [9.17, 15) is 19.2 Å². The maximum absolute atomic E-state index is 12.6. The van der Waals surface area contributed by atoms with E-state index in [1.807, 2.05) is 0 Å². The number of imide groups is 1. The first-order valence-corrected chi connectivity index (χ1v) is 9.19. The lowest BCUT2D eigenvalue weighted by atomic mass is 9.98. The number of hydrogen-bond donors (Lipinski definition) is 2. The highest BCUT2D eigenvalue weighted by Gasteiger charge is 2.34. The number of aliphatic carboxylic acids is 2. The Labute approximate surface area is 174 Å². The van der Waals surface area contributed by atoms with Gasteiger partial charge in [-0.15, -0.1) is 0 Å². The summed E-state index contributed by atoms with van der Waals surface area (Å²) in [7, 11) is 0. The summed E-state index contributed by atoms with van der Waals surface area (Å²) in [6.45, 7) is 11.4. The molecule has 2 N–H and O–H groups in total. The van der Waals surface area contributed by atoms with Crippen molar-refractivity contribution < 1.29 is 38.9 Å². The number of carboxylic acids is 2. The molecule has 0 aliphatic rings. The fourth-order valence-corrected chi connectivity index (χ4v) is 2.28. The van der Waals surface area contributed by atoms with Gasteiger partial charge in [-0.2, -0.15) is 4.90 Å². The standard InChI is InChI=1S/C20H28N2O8/c1-11-8-14(21-10-12(11)9-13(15(23)24)16(25)26)22(17(27)29-19(2,3)4)18(28)30-20(5,6)7/h8,10,13H,9H2,1-7H3,(H,23,24)(H,25,26). The minimum absolute atomic E-state index is 0.0954. The largest absolute Gasteiger partial charge is 0.481 e. The lowest BCUT2D eigenvalue weighted by Gasteiger charge is -2.28. The van der Waals surface area contributed by atoms with Gasteiger partial charge in [-0.25, -0.2) is 14.6 Å². The number of carbonyl (C=O) groups excluding carboxylic acids is 2. The molecule has 0 unspecified atom stereocenters. The number of pyridine rings is 1. The molecule has 0 bridgehead atoms. The quantitative estimate of drug-likeness (QED) is 0.680. The Kier molecular flexibility index (Phi) is 7.54. The highest BCUT2D eigenvalue weighted by molar-refractivity contribution is 6.08. The molecule has 0 spiro atoms. The van der Waals surface area contributed by atoms with Crippen LogP contribution in [0.5, 0.6) is 0 Å². The molecule has 166 valence electrons. The van der Waals surface area contributed by atoms with Gasteiger partial charge < -0.3 is 19.7 Å². The highest BCUT2D eigenvalue weighted by atomic mass is 16.6. The maximum Gasteiger partial charge on any atom is 0.425 e. The molecule has 1 heterocycles. The average molecular weight is 424 g/mol. The van der Waals surface area contributed by atoms with Crippen molar-refractivity contribution in [1.82, 2.24) is 4.98 Å². The van der Waals surface area contributed by atoms with E-state index < -0.39 is 41.2 Å².